The van der Waals surface area contributed by atoms with Crippen LogP contribution in [-0.2, 0) is 14.3 Å². The number of nitrogens with zero attached hydrogens (tertiary/aromatic N) is 2. The molecule has 25 heavy (non-hydrogen) atoms. The molecule has 7 nitrogen and oxygen atoms in total. The number of aromatic nitrogens is 2. The van der Waals surface area contributed by atoms with Crippen LogP contribution in [0.5, 0.6) is 0 Å². The quantitative estimate of drug-likeness (QED) is 0.498. The van der Waals surface area contributed by atoms with Gasteiger partial charge in [0.25, 0.3) is 5.91 Å². The number of thioether (sulfide) groups is 1. The molecule has 1 aliphatic carbocycles. The Morgan fingerprint density at radius 3 is 2.80 bits per heavy atom. The van der Waals surface area contributed by atoms with Gasteiger partial charge >= 0.3 is 5.97 Å². The highest BCUT2D eigenvalue weighted by atomic mass is 32.2. The van der Waals surface area contributed by atoms with Gasteiger partial charge in [0.1, 0.15) is 0 Å². The van der Waals surface area contributed by atoms with E-state index in [1.165, 1.54) is 55.2 Å². The highest BCUT2D eigenvalue weighted by Gasteiger charge is 2.16. The van der Waals surface area contributed by atoms with Gasteiger partial charge in [0.05, 0.1) is 5.75 Å². The molecule has 0 unspecified atom stereocenters. The van der Waals surface area contributed by atoms with E-state index in [1.54, 1.807) is 0 Å². The normalized spacial score (nSPS) is 16.2. The third-order valence-corrected chi connectivity index (χ3v) is 6.00. The van der Waals surface area contributed by atoms with Crippen molar-refractivity contribution in [3.8, 4) is 0 Å². The number of carbonyl (C=O) groups excluding carboxylic acids is 2. The molecule has 1 atom stereocenters. The summed E-state index contributed by atoms with van der Waals surface area (Å²) < 4.78 is 5.69. The molecule has 0 aliphatic heterocycles. The minimum Gasteiger partial charge on any atom is -0.455 e. The van der Waals surface area contributed by atoms with E-state index in [4.69, 9.17) is 4.74 Å². The third-order valence-electron chi connectivity index (χ3n) is 4.04. The van der Waals surface area contributed by atoms with Crippen molar-refractivity contribution >= 4 is 40.1 Å². The van der Waals surface area contributed by atoms with Crippen molar-refractivity contribution in [2.75, 3.05) is 17.7 Å². The van der Waals surface area contributed by atoms with Crippen molar-refractivity contribution in [1.82, 2.24) is 15.5 Å². The molecule has 0 radical (unpaired) electrons. The van der Waals surface area contributed by atoms with Crippen LogP contribution in [-0.4, -0.2) is 46.5 Å². The van der Waals surface area contributed by atoms with E-state index in [0.717, 1.165) is 15.9 Å². The molecule has 1 aliphatic rings. The van der Waals surface area contributed by atoms with E-state index < -0.39 is 5.97 Å². The van der Waals surface area contributed by atoms with E-state index in [1.807, 2.05) is 13.8 Å². The standard InChI is InChI=1S/C16H26N4O3S2/c1-3-11(2)17-13(21)9-23-14(22)10-24-16-20-19-15(25-16)18-12-7-5-4-6-8-12/h11-12H,3-10H2,1-2H3,(H,17,21)(H,18,19)/t11-/m0/s1. The Kier molecular flexibility index (Phi) is 8.47. The molecule has 1 heterocycles. The number of esters is 1. The van der Waals surface area contributed by atoms with Crippen molar-refractivity contribution < 1.29 is 14.3 Å². The Labute approximate surface area is 156 Å². The summed E-state index contributed by atoms with van der Waals surface area (Å²) in [7, 11) is 0. The van der Waals surface area contributed by atoms with Crippen LogP contribution >= 0.6 is 23.1 Å². The molecule has 1 amide bonds. The van der Waals surface area contributed by atoms with E-state index >= 15 is 0 Å². The van der Waals surface area contributed by atoms with Gasteiger partial charge in [-0.3, -0.25) is 9.59 Å². The first-order valence-electron chi connectivity index (χ1n) is 8.74. The van der Waals surface area contributed by atoms with Crippen molar-refractivity contribution in [2.24, 2.45) is 0 Å². The van der Waals surface area contributed by atoms with Gasteiger partial charge in [0.2, 0.25) is 5.13 Å². The van der Waals surface area contributed by atoms with Gasteiger partial charge < -0.3 is 15.4 Å². The lowest BCUT2D eigenvalue weighted by Crippen LogP contribution is -2.35. The average Bonchev–Trinajstić information content (AvgIpc) is 3.06. The van der Waals surface area contributed by atoms with Gasteiger partial charge in [-0.25, -0.2) is 0 Å². The molecule has 1 aromatic rings. The predicted octanol–water partition coefficient (Wildman–Crippen LogP) is 2.83. The smallest absolute Gasteiger partial charge is 0.316 e. The molecule has 2 rings (SSSR count). The number of amides is 1. The fourth-order valence-electron chi connectivity index (χ4n) is 2.47. The van der Waals surface area contributed by atoms with Crippen molar-refractivity contribution in [2.45, 2.75) is 68.8 Å². The van der Waals surface area contributed by atoms with Crippen LogP contribution in [0, 0.1) is 0 Å². The number of rotatable bonds is 9. The summed E-state index contributed by atoms with van der Waals surface area (Å²) in [5.41, 5.74) is 0. The first-order chi connectivity index (χ1) is 12.1. The second kappa shape index (κ2) is 10.6. The maximum Gasteiger partial charge on any atom is 0.316 e. The highest BCUT2D eigenvalue weighted by molar-refractivity contribution is 8.01. The molecule has 1 aromatic heterocycles. The number of carbonyl (C=O) groups is 2. The number of ether oxygens (including phenoxy) is 1. The van der Waals surface area contributed by atoms with Crippen LogP contribution in [0.4, 0.5) is 5.13 Å². The number of nitrogens with one attached hydrogen (secondary N) is 2. The van der Waals surface area contributed by atoms with Crippen molar-refractivity contribution in [3.63, 3.8) is 0 Å². The first-order valence-corrected chi connectivity index (χ1v) is 10.5. The van der Waals surface area contributed by atoms with Crippen LogP contribution in [0.25, 0.3) is 0 Å². The number of hydrogen-bond donors (Lipinski definition) is 2. The van der Waals surface area contributed by atoms with Crippen LogP contribution in [0.3, 0.4) is 0 Å². The Hall–Kier alpha value is -1.35. The first kappa shape index (κ1) is 20.0. The lowest BCUT2D eigenvalue weighted by atomic mass is 9.96. The van der Waals surface area contributed by atoms with Crippen molar-refractivity contribution in [3.05, 3.63) is 0 Å². The second-order valence-electron chi connectivity index (χ2n) is 6.18. The molecule has 140 valence electrons. The van der Waals surface area contributed by atoms with Gasteiger partial charge in [0.15, 0.2) is 10.9 Å². The summed E-state index contributed by atoms with van der Waals surface area (Å²) in [6.45, 7) is 3.64. The lowest BCUT2D eigenvalue weighted by molar-refractivity contribution is -0.146. The SMILES string of the molecule is CC[C@H](C)NC(=O)COC(=O)CSc1nnc(NC2CCCCC2)s1. The van der Waals surface area contributed by atoms with Crippen LogP contribution in [0.15, 0.2) is 4.34 Å². The summed E-state index contributed by atoms with van der Waals surface area (Å²) in [4.78, 5) is 23.3. The topological polar surface area (TPSA) is 93.2 Å². The molecule has 0 saturated heterocycles. The zero-order valence-electron chi connectivity index (χ0n) is 14.7. The zero-order chi connectivity index (χ0) is 18.1. The molecule has 9 heteroatoms. The second-order valence-corrected chi connectivity index (χ2v) is 8.38. The number of hydrogen-bond acceptors (Lipinski definition) is 8. The largest absolute Gasteiger partial charge is 0.455 e. The lowest BCUT2D eigenvalue weighted by Gasteiger charge is -2.21. The van der Waals surface area contributed by atoms with E-state index in [9.17, 15) is 9.59 Å². The molecule has 1 fully saturated rings. The van der Waals surface area contributed by atoms with Gasteiger partial charge in [0, 0.05) is 12.1 Å². The predicted molar refractivity (Wildman–Crippen MR) is 100.0 cm³/mol. The van der Waals surface area contributed by atoms with Gasteiger partial charge in [-0.15, -0.1) is 10.2 Å². The van der Waals surface area contributed by atoms with Crippen LogP contribution in [0.1, 0.15) is 52.4 Å². The van der Waals surface area contributed by atoms with Gasteiger partial charge in [-0.05, 0) is 26.2 Å². The maximum atomic E-state index is 11.7. The molecule has 1 saturated carbocycles. The Morgan fingerprint density at radius 1 is 1.32 bits per heavy atom. The maximum absolute atomic E-state index is 11.7. The monoisotopic (exact) mass is 386 g/mol. The van der Waals surface area contributed by atoms with Crippen LogP contribution < -0.4 is 10.6 Å². The van der Waals surface area contributed by atoms with Crippen molar-refractivity contribution in [1.29, 1.82) is 0 Å². The molecule has 0 aromatic carbocycles. The minimum absolute atomic E-state index is 0.0806. The Balaban J connectivity index is 1.65. The molecule has 2 N–H and O–H groups in total. The molecule has 0 spiro atoms. The fraction of sp³-hybridized carbons (Fsp3) is 0.750. The fourth-order valence-corrected chi connectivity index (χ4v) is 4.10. The summed E-state index contributed by atoms with van der Waals surface area (Å²) >= 11 is 2.73. The summed E-state index contributed by atoms with van der Waals surface area (Å²) in [6, 6.07) is 0.561. The Bertz CT molecular complexity index is 561. The summed E-state index contributed by atoms with van der Waals surface area (Å²) in [5, 5.41) is 15.2. The van der Waals surface area contributed by atoms with E-state index in [2.05, 4.69) is 20.8 Å². The number of anilines is 1. The summed E-state index contributed by atoms with van der Waals surface area (Å²) in [6.07, 6.45) is 7.01. The molecule has 0 bridgehead atoms. The zero-order valence-corrected chi connectivity index (χ0v) is 16.4. The molecular weight excluding hydrogens is 360 g/mol. The third kappa shape index (κ3) is 7.60. The van der Waals surface area contributed by atoms with E-state index in [-0.39, 0.29) is 24.3 Å². The summed E-state index contributed by atoms with van der Waals surface area (Å²) in [5.74, 6) is -0.585. The van der Waals surface area contributed by atoms with Gasteiger partial charge in [-0.2, -0.15) is 0 Å². The van der Waals surface area contributed by atoms with Gasteiger partial charge in [-0.1, -0.05) is 49.3 Å². The highest BCUT2D eigenvalue weighted by Crippen LogP contribution is 2.28. The van der Waals surface area contributed by atoms with E-state index in [0.29, 0.717) is 6.04 Å². The minimum atomic E-state index is -0.429. The Morgan fingerprint density at radius 2 is 2.08 bits per heavy atom. The average molecular weight is 387 g/mol. The molecular formula is C16H26N4O3S2. The van der Waals surface area contributed by atoms with Crippen LogP contribution in [0.2, 0.25) is 0 Å².